The van der Waals surface area contributed by atoms with Gasteiger partial charge in [0.15, 0.2) is 0 Å². The summed E-state index contributed by atoms with van der Waals surface area (Å²) in [5.74, 6) is 0. The first-order valence-corrected chi connectivity index (χ1v) is 17.9. The number of hydrogen-bond acceptors (Lipinski definition) is 2. The average Bonchev–Trinajstić information content (AvgIpc) is 3.87. The van der Waals surface area contributed by atoms with Gasteiger partial charge in [-0.2, -0.15) is 0 Å². The van der Waals surface area contributed by atoms with Crippen LogP contribution in [0, 0.1) is 0 Å². The summed E-state index contributed by atoms with van der Waals surface area (Å²) in [4.78, 5) is 0. The molecular formula is C52H30O2. The minimum atomic E-state index is -0.487. The highest BCUT2D eigenvalue weighted by Gasteiger charge is 2.24. The van der Waals surface area contributed by atoms with Crippen molar-refractivity contribution in [3.05, 3.63) is 182 Å². The van der Waals surface area contributed by atoms with Crippen LogP contribution in [-0.4, -0.2) is 0 Å². The molecule has 2 heteroatoms. The molecule has 250 valence electrons. The smallest absolute Gasteiger partial charge is 0.143 e. The van der Waals surface area contributed by atoms with Crippen molar-refractivity contribution in [3.63, 3.8) is 0 Å². The van der Waals surface area contributed by atoms with Crippen LogP contribution in [0.1, 0.15) is 9.60 Å². The minimum absolute atomic E-state index is 0.0616. The van der Waals surface area contributed by atoms with E-state index in [0.717, 1.165) is 98.4 Å². The van der Waals surface area contributed by atoms with Crippen molar-refractivity contribution in [3.8, 4) is 33.4 Å². The topological polar surface area (TPSA) is 26.3 Å². The van der Waals surface area contributed by atoms with Gasteiger partial charge in [-0.3, -0.25) is 0 Å². The molecule has 2 heterocycles. The average molecular weight is 694 g/mol. The zero-order chi connectivity index (χ0) is 41.4. The second-order valence-electron chi connectivity index (χ2n) is 13.8. The highest BCUT2D eigenvalue weighted by Crippen LogP contribution is 2.50. The first-order valence-electron chi connectivity index (χ1n) is 21.4. The number of fused-ring (bicyclic) bond motifs is 12. The van der Waals surface area contributed by atoms with E-state index in [0.29, 0.717) is 5.56 Å². The molecule has 0 aliphatic rings. The Morgan fingerprint density at radius 1 is 0.370 bits per heavy atom. The summed E-state index contributed by atoms with van der Waals surface area (Å²) in [5, 5.41) is 10.3. The Labute approximate surface area is 319 Å². The summed E-state index contributed by atoms with van der Waals surface area (Å²) >= 11 is 0. The van der Waals surface area contributed by atoms with Gasteiger partial charge in [-0.25, -0.2) is 0 Å². The van der Waals surface area contributed by atoms with E-state index in [1.54, 1.807) is 0 Å². The lowest BCUT2D eigenvalue weighted by Gasteiger charge is -2.18. The number of hydrogen-bond donors (Lipinski definition) is 0. The minimum Gasteiger partial charge on any atom is -0.456 e. The predicted molar refractivity (Wildman–Crippen MR) is 227 cm³/mol. The Morgan fingerprint density at radius 3 is 1.65 bits per heavy atom. The van der Waals surface area contributed by atoms with Gasteiger partial charge in [0, 0.05) is 38.1 Å². The molecule has 0 bridgehead atoms. The predicted octanol–water partition coefficient (Wildman–Crippen LogP) is 15.1. The summed E-state index contributed by atoms with van der Waals surface area (Å²) in [6, 6.07) is 44.7. The third kappa shape index (κ3) is 4.17. The highest BCUT2D eigenvalue weighted by molar-refractivity contribution is 6.34. The van der Waals surface area contributed by atoms with E-state index in [1.807, 2.05) is 66.7 Å². The fraction of sp³-hybridized carbons (Fsp3) is 0. The quantitative estimate of drug-likeness (QED) is 0.172. The first kappa shape index (κ1) is 23.4. The lowest BCUT2D eigenvalue weighted by Crippen LogP contribution is -1.92. The Bertz CT molecular complexity index is 3840. The molecule has 0 aliphatic heterocycles. The lowest BCUT2D eigenvalue weighted by atomic mass is 9.84. The van der Waals surface area contributed by atoms with Crippen molar-refractivity contribution in [2.75, 3.05) is 0 Å². The molecule has 0 fully saturated rings. The summed E-state index contributed by atoms with van der Waals surface area (Å²) in [6.07, 6.45) is 0. The molecule has 0 unspecified atom stereocenters. The van der Waals surface area contributed by atoms with Gasteiger partial charge in [-0.15, -0.1) is 0 Å². The lowest BCUT2D eigenvalue weighted by molar-refractivity contribution is 0.669. The summed E-state index contributed by atoms with van der Waals surface area (Å²) in [6.45, 7) is 0. The van der Waals surface area contributed by atoms with Crippen molar-refractivity contribution in [2.24, 2.45) is 0 Å². The van der Waals surface area contributed by atoms with Crippen LogP contribution >= 0.6 is 0 Å². The Hall–Kier alpha value is -7.16. The summed E-state index contributed by atoms with van der Waals surface area (Å²) < 4.78 is 73.5. The van der Waals surface area contributed by atoms with Gasteiger partial charge >= 0.3 is 0 Å². The van der Waals surface area contributed by atoms with Crippen LogP contribution in [0.25, 0.3) is 120 Å². The maximum absolute atomic E-state index is 9.10. The number of furan rings is 2. The molecule has 0 atom stereocenters. The first-order chi connectivity index (χ1) is 29.7. The van der Waals surface area contributed by atoms with Gasteiger partial charge in [-0.1, -0.05) is 152 Å². The largest absolute Gasteiger partial charge is 0.456 e. The third-order valence-electron chi connectivity index (χ3n) is 10.9. The van der Waals surface area contributed by atoms with Gasteiger partial charge in [0.25, 0.3) is 0 Å². The maximum atomic E-state index is 9.10. The van der Waals surface area contributed by atoms with Gasteiger partial charge in [-0.05, 0) is 90.3 Å². The van der Waals surface area contributed by atoms with E-state index >= 15 is 0 Å². The molecule has 12 aromatic rings. The van der Waals surface area contributed by atoms with E-state index in [2.05, 4.69) is 72.8 Å². The molecule has 2 nitrogen and oxygen atoms in total. The monoisotopic (exact) mass is 693 g/mol. The standard InChI is InChI=1S/C52H30O2/c1-2-12-34-29-35(26-23-31(34)11-1)32-21-24-33(25-22-32)47-37-13-3-5-15-39(37)49(40-16-6-4-14-38(40)47)43-30-36-27-28-46-50(41-17-7-9-19-44(41)53-46)48(36)51-42-18-8-10-20-45(42)54-52(43)51/h1-30H/i1D,2D,11D,12D,23D,26D,29D. The van der Waals surface area contributed by atoms with Crippen LogP contribution in [0.15, 0.2) is 191 Å². The number of rotatable bonds is 3. The van der Waals surface area contributed by atoms with Crippen molar-refractivity contribution >= 4 is 87.0 Å². The third-order valence-corrected chi connectivity index (χ3v) is 10.9. The van der Waals surface area contributed by atoms with E-state index in [4.69, 9.17) is 18.4 Å². The molecule has 12 rings (SSSR count). The van der Waals surface area contributed by atoms with Crippen LogP contribution in [0.3, 0.4) is 0 Å². The van der Waals surface area contributed by atoms with Crippen molar-refractivity contribution < 1.29 is 18.4 Å². The molecule has 0 saturated carbocycles. The van der Waals surface area contributed by atoms with Crippen molar-refractivity contribution in [1.29, 1.82) is 0 Å². The van der Waals surface area contributed by atoms with Crippen LogP contribution in [-0.2, 0) is 0 Å². The van der Waals surface area contributed by atoms with Crippen LogP contribution < -0.4 is 0 Å². The molecule has 0 spiro atoms. The van der Waals surface area contributed by atoms with E-state index < -0.39 is 18.1 Å². The Morgan fingerprint density at radius 2 is 0.944 bits per heavy atom. The molecule has 0 N–H and O–H groups in total. The van der Waals surface area contributed by atoms with Crippen molar-refractivity contribution in [1.82, 2.24) is 0 Å². The SMILES string of the molecule is [2H]c1c([2H])c([2H])c2c([2H])c(-c3ccc(-c4c5ccccc5c(-c5cc6ccc7oc8ccccc8c7c6c6c5oc5ccccc56)c5ccccc45)cc3)c([2H])c([2H])c2c1[2H]. The number of benzene rings is 10. The summed E-state index contributed by atoms with van der Waals surface area (Å²) in [7, 11) is 0. The van der Waals surface area contributed by atoms with Crippen molar-refractivity contribution in [2.45, 2.75) is 0 Å². The van der Waals surface area contributed by atoms with E-state index in [-0.39, 0.29) is 40.5 Å². The fourth-order valence-electron chi connectivity index (χ4n) is 8.57. The summed E-state index contributed by atoms with van der Waals surface area (Å²) in [5.41, 5.74) is 7.87. The van der Waals surface area contributed by atoms with E-state index in [1.165, 1.54) is 0 Å². The van der Waals surface area contributed by atoms with Crippen LogP contribution in [0.4, 0.5) is 0 Å². The molecule has 0 radical (unpaired) electrons. The second kappa shape index (κ2) is 11.2. The van der Waals surface area contributed by atoms with Crippen LogP contribution in [0.5, 0.6) is 0 Å². The molecule has 54 heavy (non-hydrogen) atoms. The molecular weight excluding hydrogens is 657 g/mol. The molecule has 0 saturated heterocycles. The van der Waals surface area contributed by atoms with Gasteiger partial charge in [0.1, 0.15) is 22.3 Å². The fourth-order valence-corrected chi connectivity index (χ4v) is 8.57. The zero-order valence-corrected chi connectivity index (χ0v) is 28.6. The van der Waals surface area contributed by atoms with Crippen LogP contribution in [0.2, 0.25) is 0 Å². The van der Waals surface area contributed by atoms with Gasteiger partial charge < -0.3 is 8.83 Å². The highest BCUT2D eigenvalue weighted by atomic mass is 16.3. The molecule has 2 aromatic heterocycles. The number of para-hydroxylation sites is 2. The Balaban J connectivity index is 1.12. The molecule has 10 aromatic carbocycles. The second-order valence-corrected chi connectivity index (χ2v) is 13.8. The zero-order valence-electron chi connectivity index (χ0n) is 35.6. The molecule has 0 aliphatic carbocycles. The van der Waals surface area contributed by atoms with Gasteiger partial charge in [0.2, 0.25) is 0 Å². The van der Waals surface area contributed by atoms with Gasteiger partial charge in [0.05, 0.1) is 9.60 Å². The maximum Gasteiger partial charge on any atom is 0.143 e. The Kier molecular flexibility index (Phi) is 4.84. The van der Waals surface area contributed by atoms with E-state index in [9.17, 15) is 0 Å². The molecule has 0 amide bonds. The normalized spacial score (nSPS) is 13.9.